The van der Waals surface area contributed by atoms with Crippen LogP contribution >= 0.6 is 0 Å². The summed E-state index contributed by atoms with van der Waals surface area (Å²) in [7, 11) is 0. The molecule has 0 aliphatic carbocycles. The molecular weight excluding hydrogens is 168 g/mol. The number of benzene rings is 1. The van der Waals surface area contributed by atoms with Crippen molar-refractivity contribution in [3.05, 3.63) is 40.3 Å². The summed E-state index contributed by atoms with van der Waals surface area (Å²) in [6.45, 7) is 0. The van der Waals surface area contributed by atoms with Crippen LogP contribution in [-0.4, -0.2) is 11.7 Å². The van der Waals surface area contributed by atoms with Gasteiger partial charge in [-0.15, -0.1) is 4.91 Å². The van der Waals surface area contributed by atoms with E-state index in [-0.39, 0.29) is 11.7 Å². The Bertz CT molecular complexity index is 410. The van der Waals surface area contributed by atoms with Gasteiger partial charge in [-0.2, -0.15) is 4.99 Å². The highest BCUT2D eigenvalue weighted by Crippen LogP contribution is 2.16. The molecule has 1 aromatic rings. The van der Waals surface area contributed by atoms with Gasteiger partial charge in [0.15, 0.2) is 5.84 Å². The van der Waals surface area contributed by atoms with E-state index in [1.807, 2.05) is 6.07 Å². The molecule has 0 N–H and O–H groups in total. The van der Waals surface area contributed by atoms with Crippen molar-refractivity contribution in [2.45, 2.75) is 6.42 Å². The van der Waals surface area contributed by atoms with Gasteiger partial charge < -0.3 is 0 Å². The van der Waals surface area contributed by atoms with Gasteiger partial charge in [-0.3, -0.25) is 4.79 Å². The molecule has 4 nitrogen and oxygen atoms in total. The van der Waals surface area contributed by atoms with Crippen molar-refractivity contribution in [3.8, 4) is 0 Å². The highest BCUT2D eigenvalue weighted by Gasteiger charge is 2.18. The lowest BCUT2D eigenvalue weighted by Crippen LogP contribution is -2.14. The van der Waals surface area contributed by atoms with Crippen molar-refractivity contribution in [3.63, 3.8) is 0 Å². The Hall–Kier alpha value is -1.84. The molecule has 4 heteroatoms. The van der Waals surface area contributed by atoms with Crippen LogP contribution < -0.4 is 0 Å². The van der Waals surface area contributed by atoms with Crippen molar-refractivity contribution in [2.24, 2.45) is 10.2 Å². The predicted octanol–water partition coefficient (Wildman–Crippen LogP) is 1.55. The third-order valence-electron chi connectivity index (χ3n) is 1.93. The molecule has 1 heterocycles. The van der Waals surface area contributed by atoms with Gasteiger partial charge in [0, 0.05) is 12.0 Å². The van der Waals surface area contributed by atoms with E-state index < -0.39 is 0 Å². The van der Waals surface area contributed by atoms with Crippen LogP contribution in [0.2, 0.25) is 0 Å². The average molecular weight is 174 g/mol. The second-order valence-electron chi connectivity index (χ2n) is 2.76. The molecule has 1 aliphatic rings. The number of aliphatic imine (C=N–C) groups is 1. The van der Waals surface area contributed by atoms with E-state index in [9.17, 15) is 9.70 Å². The number of nitroso groups, excluding NO2 is 1. The number of hydrogen-bond donors (Lipinski definition) is 0. The van der Waals surface area contributed by atoms with Crippen molar-refractivity contribution < 1.29 is 4.79 Å². The molecule has 0 aromatic heterocycles. The normalized spacial score (nSPS) is 14.8. The van der Waals surface area contributed by atoms with Crippen LogP contribution in [0.1, 0.15) is 15.9 Å². The fraction of sp³-hybridized carbons (Fsp3) is 0.111. The van der Waals surface area contributed by atoms with Crippen LogP contribution in [0.4, 0.5) is 0 Å². The minimum absolute atomic E-state index is 0.0590. The summed E-state index contributed by atoms with van der Waals surface area (Å²) >= 11 is 0. The summed E-state index contributed by atoms with van der Waals surface area (Å²) in [4.78, 5) is 25.0. The van der Waals surface area contributed by atoms with Crippen LogP contribution in [0.5, 0.6) is 0 Å². The number of hydrogen-bond acceptors (Lipinski definition) is 3. The summed E-state index contributed by atoms with van der Waals surface area (Å²) in [5.41, 5.74) is 1.38. The van der Waals surface area contributed by atoms with E-state index in [4.69, 9.17) is 0 Å². The lowest BCUT2D eigenvalue weighted by atomic mass is 10.0. The quantitative estimate of drug-likeness (QED) is 0.560. The van der Waals surface area contributed by atoms with Gasteiger partial charge in [0.2, 0.25) is 0 Å². The molecule has 0 bridgehead atoms. The first-order chi connectivity index (χ1) is 6.31. The lowest BCUT2D eigenvalue weighted by Gasteiger charge is -2.09. The first-order valence-electron chi connectivity index (χ1n) is 3.84. The standard InChI is InChI=1S/C9H6N2O2/c12-9-7-4-2-1-3-6(7)5-8(10-9)11-13/h1-4H,5H2. The molecule has 0 saturated heterocycles. The molecule has 2 rings (SSSR count). The maximum atomic E-state index is 11.3. The molecule has 0 unspecified atom stereocenters. The highest BCUT2D eigenvalue weighted by molar-refractivity contribution is 6.08. The van der Waals surface area contributed by atoms with Crippen LogP contribution in [0.25, 0.3) is 0 Å². The Kier molecular flexibility index (Phi) is 1.73. The summed E-state index contributed by atoms with van der Waals surface area (Å²) in [5, 5.41) is 2.68. The van der Waals surface area contributed by atoms with Crippen molar-refractivity contribution in [2.75, 3.05) is 0 Å². The average Bonchev–Trinajstić information content (AvgIpc) is 2.18. The zero-order valence-electron chi connectivity index (χ0n) is 6.73. The van der Waals surface area contributed by atoms with Gasteiger partial charge in [-0.1, -0.05) is 18.2 Å². The molecule has 0 spiro atoms. The number of carbonyl (C=O) groups is 1. The zero-order chi connectivity index (χ0) is 9.26. The number of fused-ring (bicyclic) bond motifs is 1. The maximum Gasteiger partial charge on any atom is 0.279 e. The van der Waals surface area contributed by atoms with E-state index in [1.54, 1.807) is 18.2 Å². The molecule has 0 fully saturated rings. The second kappa shape index (κ2) is 2.90. The van der Waals surface area contributed by atoms with Crippen LogP contribution in [0, 0.1) is 4.91 Å². The fourth-order valence-corrected chi connectivity index (χ4v) is 1.32. The Morgan fingerprint density at radius 2 is 2.08 bits per heavy atom. The molecule has 13 heavy (non-hydrogen) atoms. The van der Waals surface area contributed by atoms with Crippen LogP contribution in [0.3, 0.4) is 0 Å². The topological polar surface area (TPSA) is 58.9 Å². The maximum absolute atomic E-state index is 11.3. The van der Waals surface area contributed by atoms with Crippen molar-refractivity contribution in [1.29, 1.82) is 0 Å². The smallest absolute Gasteiger partial charge is 0.267 e. The molecular formula is C9H6N2O2. The van der Waals surface area contributed by atoms with Gasteiger partial charge in [-0.25, -0.2) is 0 Å². The van der Waals surface area contributed by atoms with Crippen LogP contribution in [-0.2, 0) is 6.42 Å². The van der Waals surface area contributed by atoms with E-state index in [2.05, 4.69) is 10.2 Å². The summed E-state index contributed by atoms with van der Waals surface area (Å²) in [6, 6.07) is 7.08. The predicted molar refractivity (Wildman–Crippen MR) is 47.7 cm³/mol. The van der Waals surface area contributed by atoms with Gasteiger partial charge in [0.25, 0.3) is 5.91 Å². The fourth-order valence-electron chi connectivity index (χ4n) is 1.32. The summed E-state index contributed by atoms with van der Waals surface area (Å²) in [6.07, 6.45) is 0.353. The number of carbonyl (C=O) groups excluding carboxylic acids is 1. The van der Waals surface area contributed by atoms with E-state index in [1.165, 1.54) is 0 Å². The van der Waals surface area contributed by atoms with Gasteiger partial charge in [-0.05, 0) is 16.8 Å². The molecule has 1 aromatic carbocycles. The minimum Gasteiger partial charge on any atom is -0.267 e. The SMILES string of the molecule is O=NC1=NC(=O)c2ccccc2C1. The Labute approximate surface area is 74.3 Å². The second-order valence-corrected chi connectivity index (χ2v) is 2.76. The summed E-state index contributed by atoms with van der Waals surface area (Å²) < 4.78 is 0. The van der Waals surface area contributed by atoms with Gasteiger partial charge >= 0.3 is 0 Å². The molecule has 64 valence electrons. The van der Waals surface area contributed by atoms with Crippen molar-refractivity contribution >= 4 is 11.7 Å². The summed E-state index contributed by atoms with van der Waals surface area (Å²) in [5.74, 6) is -0.319. The van der Waals surface area contributed by atoms with Gasteiger partial charge in [0.05, 0.1) is 0 Å². The third kappa shape index (κ3) is 1.26. The first-order valence-corrected chi connectivity index (χ1v) is 3.84. The molecule has 1 aliphatic heterocycles. The highest BCUT2D eigenvalue weighted by atomic mass is 16.3. The van der Waals surface area contributed by atoms with E-state index in [0.29, 0.717) is 12.0 Å². The third-order valence-corrected chi connectivity index (χ3v) is 1.93. The van der Waals surface area contributed by atoms with Crippen molar-refractivity contribution in [1.82, 2.24) is 0 Å². The Morgan fingerprint density at radius 1 is 1.31 bits per heavy atom. The molecule has 0 atom stereocenters. The van der Waals surface area contributed by atoms with E-state index >= 15 is 0 Å². The number of amides is 1. The monoisotopic (exact) mass is 174 g/mol. The Balaban J connectivity index is 2.51. The number of nitrogens with zero attached hydrogens (tertiary/aromatic N) is 2. The molecule has 1 amide bonds. The van der Waals surface area contributed by atoms with Gasteiger partial charge in [0.1, 0.15) is 0 Å². The van der Waals surface area contributed by atoms with Crippen LogP contribution in [0.15, 0.2) is 34.4 Å². The lowest BCUT2D eigenvalue weighted by molar-refractivity contribution is 0.1000. The minimum atomic E-state index is -0.378. The van der Waals surface area contributed by atoms with E-state index in [0.717, 1.165) is 5.56 Å². The number of rotatable bonds is 0. The largest absolute Gasteiger partial charge is 0.279 e. The zero-order valence-corrected chi connectivity index (χ0v) is 6.73. The number of amidine groups is 1. The molecule has 0 radical (unpaired) electrons. The first kappa shape index (κ1) is 7.79. The molecule has 0 saturated carbocycles. The Morgan fingerprint density at radius 3 is 2.85 bits per heavy atom.